The molecule has 0 bridgehead atoms. The number of nitrogens with one attached hydrogen (secondary N) is 2. The summed E-state index contributed by atoms with van der Waals surface area (Å²) >= 11 is 0. The Morgan fingerprint density at radius 3 is 3.00 bits per heavy atom. The highest BCUT2D eigenvalue weighted by Gasteiger charge is 2.21. The molecule has 4 heteroatoms. The fourth-order valence-corrected chi connectivity index (χ4v) is 1.80. The molecule has 1 saturated heterocycles. The van der Waals surface area contributed by atoms with Crippen molar-refractivity contribution in [2.24, 2.45) is 0 Å². The fourth-order valence-electron chi connectivity index (χ4n) is 1.80. The fraction of sp³-hybridized carbons (Fsp3) is 0.333. The molecule has 1 heterocycles. The van der Waals surface area contributed by atoms with Gasteiger partial charge in [-0.05, 0) is 24.6 Å². The Hall–Kier alpha value is -2.02. The van der Waals surface area contributed by atoms with E-state index in [0.717, 1.165) is 11.3 Å². The van der Waals surface area contributed by atoms with Gasteiger partial charge < -0.3 is 10.6 Å². The second kappa shape index (κ2) is 4.23. The Kier molecular flexibility index (Phi) is 2.78. The lowest BCUT2D eigenvalue weighted by Gasteiger charge is -2.13. The molecule has 1 fully saturated rings. The second-order valence-corrected chi connectivity index (χ2v) is 4.01. The molecule has 0 aliphatic carbocycles. The Bertz CT molecular complexity index is 462. The average molecular weight is 215 g/mol. The van der Waals surface area contributed by atoms with Crippen LogP contribution in [0.15, 0.2) is 18.2 Å². The summed E-state index contributed by atoms with van der Waals surface area (Å²) in [7, 11) is 0. The monoisotopic (exact) mass is 215 g/mol. The van der Waals surface area contributed by atoms with E-state index in [1.807, 2.05) is 19.1 Å². The van der Waals surface area contributed by atoms with Crippen molar-refractivity contribution >= 4 is 11.6 Å². The number of nitrogens with zero attached hydrogens (tertiary/aromatic N) is 1. The van der Waals surface area contributed by atoms with Crippen LogP contribution in [-0.4, -0.2) is 18.5 Å². The molecule has 82 valence electrons. The van der Waals surface area contributed by atoms with Crippen LogP contribution in [0, 0.1) is 18.3 Å². The summed E-state index contributed by atoms with van der Waals surface area (Å²) in [5, 5.41) is 14.9. The number of aryl methyl sites for hydroxylation is 1. The van der Waals surface area contributed by atoms with Gasteiger partial charge in [-0.1, -0.05) is 6.07 Å². The van der Waals surface area contributed by atoms with Crippen molar-refractivity contribution in [3.8, 4) is 6.07 Å². The van der Waals surface area contributed by atoms with Gasteiger partial charge in [-0.25, -0.2) is 0 Å². The normalized spacial score (nSPS) is 19.0. The molecule has 2 rings (SSSR count). The van der Waals surface area contributed by atoms with Gasteiger partial charge in [0.05, 0.1) is 17.3 Å². The Morgan fingerprint density at radius 1 is 1.56 bits per heavy atom. The number of hydrogen-bond acceptors (Lipinski definition) is 3. The molecule has 4 nitrogen and oxygen atoms in total. The van der Waals surface area contributed by atoms with Crippen LogP contribution in [0.5, 0.6) is 0 Å². The predicted octanol–water partition coefficient (Wildman–Crippen LogP) is 1.17. The average Bonchev–Trinajstić information content (AvgIpc) is 2.64. The van der Waals surface area contributed by atoms with Crippen LogP contribution in [0.2, 0.25) is 0 Å². The summed E-state index contributed by atoms with van der Waals surface area (Å²) in [5.41, 5.74) is 2.52. The summed E-state index contributed by atoms with van der Waals surface area (Å²) in [6.45, 7) is 2.60. The molecule has 1 aromatic carbocycles. The number of nitriles is 1. The van der Waals surface area contributed by atoms with E-state index in [9.17, 15) is 4.79 Å². The maximum Gasteiger partial charge on any atom is 0.222 e. The zero-order valence-electron chi connectivity index (χ0n) is 9.08. The first-order valence-corrected chi connectivity index (χ1v) is 5.23. The van der Waals surface area contributed by atoms with Crippen LogP contribution in [0.4, 0.5) is 5.69 Å². The number of rotatable bonds is 2. The molecule has 1 aromatic rings. The number of hydrogen-bond donors (Lipinski definition) is 2. The molecular formula is C12H13N3O. The largest absolute Gasteiger partial charge is 0.379 e. The smallest absolute Gasteiger partial charge is 0.222 e. The maximum atomic E-state index is 11.0. The molecule has 1 atom stereocenters. The van der Waals surface area contributed by atoms with E-state index in [0.29, 0.717) is 18.5 Å². The second-order valence-electron chi connectivity index (χ2n) is 4.01. The van der Waals surface area contributed by atoms with Gasteiger partial charge >= 0.3 is 0 Å². The molecule has 1 unspecified atom stereocenters. The first-order valence-electron chi connectivity index (χ1n) is 5.23. The number of carbonyl (C=O) groups excluding carboxylic acids is 1. The highest BCUT2D eigenvalue weighted by molar-refractivity contribution is 5.80. The number of amides is 1. The van der Waals surface area contributed by atoms with Crippen molar-refractivity contribution in [1.29, 1.82) is 5.26 Å². The van der Waals surface area contributed by atoms with Gasteiger partial charge in [-0.15, -0.1) is 0 Å². The molecule has 1 amide bonds. The summed E-state index contributed by atoms with van der Waals surface area (Å²) in [6, 6.07) is 7.85. The van der Waals surface area contributed by atoms with Gasteiger partial charge in [-0.3, -0.25) is 4.79 Å². The molecule has 2 N–H and O–H groups in total. The highest BCUT2D eigenvalue weighted by atomic mass is 16.1. The van der Waals surface area contributed by atoms with Gasteiger partial charge in [0, 0.05) is 13.0 Å². The minimum atomic E-state index is 0.0589. The molecule has 0 aromatic heterocycles. The summed E-state index contributed by atoms with van der Waals surface area (Å²) in [5.74, 6) is 0.0589. The number of benzene rings is 1. The van der Waals surface area contributed by atoms with Crippen molar-refractivity contribution in [3.63, 3.8) is 0 Å². The zero-order valence-corrected chi connectivity index (χ0v) is 9.08. The lowest BCUT2D eigenvalue weighted by Crippen LogP contribution is -2.22. The van der Waals surface area contributed by atoms with Gasteiger partial charge in [0.25, 0.3) is 0 Å². The molecule has 0 saturated carbocycles. The predicted molar refractivity (Wildman–Crippen MR) is 60.9 cm³/mol. The SMILES string of the molecule is Cc1ccc(C#N)c(NC2CNC(=O)C2)c1. The minimum Gasteiger partial charge on any atom is -0.379 e. The molecule has 0 spiro atoms. The van der Waals surface area contributed by atoms with Crippen molar-refractivity contribution in [1.82, 2.24) is 5.32 Å². The summed E-state index contributed by atoms with van der Waals surface area (Å²) in [4.78, 5) is 11.0. The van der Waals surface area contributed by atoms with Crippen LogP contribution >= 0.6 is 0 Å². The van der Waals surface area contributed by atoms with Crippen LogP contribution in [-0.2, 0) is 4.79 Å². The van der Waals surface area contributed by atoms with Crippen molar-refractivity contribution in [3.05, 3.63) is 29.3 Å². The van der Waals surface area contributed by atoms with Crippen molar-refractivity contribution < 1.29 is 4.79 Å². The van der Waals surface area contributed by atoms with Gasteiger partial charge in [0.1, 0.15) is 6.07 Å². The van der Waals surface area contributed by atoms with Crippen LogP contribution in [0.1, 0.15) is 17.5 Å². The van der Waals surface area contributed by atoms with E-state index in [4.69, 9.17) is 5.26 Å². The molecule has 1 aliphatic rings. The molecule has 0 radical (unpaired) electrons. The lowest BCUT2D eigenvalue weighted by atomic mass is 10.1. The van der Waals surface area contributed by atoms with E-state index >= 15 is 0 Å². The van der Waals surface area contributed by atoms with E-state index < -0.39 is 0 Å². The summed E-state index contributed by atoms with van der Waals surface area (Å²) in [6.07, 6.45) is 0.471. The standard InChI is InChI=1S/C12H13N3O/c1-8-2-3-9(6-13)11(4-8)15-10-5-12(16)14-7-10/h2-4,10,15H,5,7H2,1H3,(H,14,16). The first-order chi connectivity index (χ1) is 7.69. The molecular weight excluding hydrogens is 202 g/mol. The number of carbonyl (C=O) groups is 1. The van der Waals surface area contributed by atoms with Crippen LogP contribution in [0.25, 0.3) is 0 Å². The molecule has 16 heavy (non-hydrogen) atoms. The van der Waals surface area contributed by atoms with Gasteiger partial charge in [0.15, 0.2) is 0 Å². The Balaban J connectivity index is 2.17. The molecule has 1 aliphatic heterocycles. The van der Waals surface area contributed by atoms with E-state index in [1.165, 1.54) is 0 Å². The van der Waals surface area contributed by atoms with Crippen molar-refractivity contribution in [2.45, 2.75) is 19.4 Å². The van der Waals surface area contributed by atoms with E-state index in [-0.39, 0.29) is 11.9 Å². The zero-order chi connectivity index (χ0) is 11.5. The quantitative estimate of drug-likeness (QED) is 0.778. The lowest BCUT2D eigenvalue weighted by molar-refractivity contribution is -0.119. The third-order valence-electron chi connectivity index (χ3n) is 2.63. The Labute approximate surface area is 94.3 Å². The third-order valence-corrected chi connectivity index (χ3v) is 2.63. The minimum absolute atomic E-state index is 0.0589. The topological polar surface area (TPSA) is 64.9 Å². The Morgan fingerprint density at radius 2 is 2.38 bits per heavy atom. The van der Waals surface area contributed by atoms with E-state index in [2.05, 4.69) is 16.7 Å². The number of anilines is 1. The third kappa shape index (κ3) is 2.14. The maximum absolute atomic E-state index is 11.0. The van der Waals surface area contributed by atoms with Crippen LogP contribution in [0.3, 0.4) is 0 Å². The summed E-state index contributed by atoms with van der Waals surface area (Å²) < 4.78 is 0. The van der Waals surface area contributed by atoms with Gasteiger partial charge in [-0.2, -0.15) is 5.26 Å². The van der Waals surface area contributed by atoms with Gasteiger partial charge in [0.2, 0.25) is 5.91 Å². The van der Waals surface area contributed by atoms with Crippen molar-refractivity contribution in [2.75, 3.05) is 11.9 Å². The van der Waals surface area contributed by atoms with E-state index in [1.54, 1.807) is 6.07 Å². The highest BCUT2D eigenvalue weighted by Crippen LogP contribution is 2.19. The van der Waals surface area contributed by atoms with Crippen LogP contribution < -0.4 is 10.6 Å². The first kappa shape index (κ1) is 10.5.